The Balaban J connectivity index is 1.21. The van der Waals surface area contributed by atoms with Gasteiger partial charge in [-0.3, -0.25) is 24.4 Å². The van der Waals surface area contributed by atoms with Gasteiger partial charge in [-0.25, -0.2) is 4.39 Å². The summed E-state index contributed by atoms with van der Waals surface area (Å²) in [6.07, 6.45) is 2.87. The van der Waals surface area contributed by atoms with Crippen LogP contribution in [-0.2, 0) is 20.9 Å². The van der Waals surface area contributed by atoms with Gasteiger partial charge in [0.25, 0.3) is 0 Å². The summed E-state index contributed by atoms with van der Waals surface area (Å²) in [5.41, 5.74) is 8.44. The number of primary amides is 1. The number of hydrogen-bond donors (Lipinski definition) is 4. The second kappa shape index (κ2) is 14.5. The van der Waals surface area contributed by atoms with E-state index in [-0.39, 0.29) is 17.0 Å². The summed E-state index contributed by atoms with van der Waals surface area (Å²) in [7, 11) is 1.66. The third-order valence-corrected chi connectivity index (χ3v) is 7.61. The number of nitrogens with one attached hydrogen (secondary N) is 3. The molecule has 0 atom stereocenters. The van der Waals surface area contributed by atoms with Gasteiger partial charge in [0.05, 0.1) is 27.4 Å². The highest BCUT2D eigenvalue weighted by Gasteiger charge is 2.16. The summed E-state index contributed by atoms with van der Waals surface area (Å²) in [6.45, 7) is 2.06. The van der Waals surface area contributed by atoms with Crippen molar-refractivity contribution in [1.29, 1.82) is 0 Å². The minimum absolute atomic E-state index is 0.0500. The average molecular weight is 629 g/mol. The van der Waals surface area contributed by atoms with Crippen LogP contribution in [0.5, 0.6) is 11.5 Å². The zero-order chi connectivity index (χ0) is 31.8. The second-order valence-electron chi connectivity index (χ2n) is 9.82. The Bertz CT molecular complexity index is 1850. The van der Waals surface area contributed by atoms with Crippen LogP contribution in [0.25, 0.3) is 20.8 Å². The number of fused-ring (bicyclic) bond motifs is 1. The van der Waals surface area contributed by atoms with Crippen LogP contribution in [0.3, 0.4) is 0 Å². The van der Waals surface area contributed by atoms with E-state index in [4.69, 9.17) is 15.2 Å². The standard InChI is InChI=1S/C32H29FN6O5S/c1-43-12-11-35-17-19-5-7-24(37-18-19)28-15-25-31(45-28)27(9-10-36-25)44-26-8-6-22(14-23(26)33)39-30(41)16-29(40)38-21-4-2-3-20(13-21)32(34)42/h2-10,13-15,18,35H,11-12,16-17H2,1H3,(H2,34,42)(H,38,40)(H,39,41). The number of carbonyl (C=O) groups excluding carboxylic acids is 3. The van der Waals surface area contributed by atoms with Gasteiger partial charge in [0.2, 0.25) is 17.7 Å². The molecule has 0 unspecified atom stereocenters. The zero-order valence-corrected chi connectivity index (χ0v) is 24.9. The number of benzene rings is 2. The molecule has 45 heavy (non-hydrogen) atoms. The maximum absolute atomic E-state index is 15.1. The number of methoxy groups -OCH3 is 1. The molecule has 5 N–H and O–H groups in total. The van der Waals surface area contributed by atoms with Crippen LogP contribution in [0.4, 0.5) is 15.8 Å². The smallest absolute Gasteiger partial charge is 0.248 e. The summed E-state index contributed by atoms with van der Waals surface area (Å²) in [6, 6.07) is 17.5. The Kier molecular flexibility index (Phi) is 10.0. The number of pyridine rings is 2. The Labute approximate surface area is 261 Å². The first-order valence-corrected chi connectivity index (χ1v) is 14.6. The number of halogens is 1. The van der Waals surface area contributed by atoms with Crippen molar-refractivity contribution in [3.05, 3.63) is 96.1 Å². The lowest BCUT2D eigenvalue weighted by Gasteiger charge is -2.10. The van der Waals surface area contributed by atoms with Crippen LogP contribution in [0.1, 0.15) is 22.3 Å². The van der Waals surface area contributed by atoms with Gasteiger partial charge in [0.1, 0.15) is 12.2 Å². The lowest BCUT2D eigenvalue weighted by atomic mass is 10.2. The van der Waals surface area contributed by atoms with E-state index in [1.807, 2.05) is 24.4 Å². The van der Waals surface area contributed by atoms with Gasteiger partial charge in [-0.05, 0) is 48.0 Å². The molecule has 0 bridgehead atoms. The van der Waals surface area contributed by atoms with Crippen molar-refractivity contribution in [3.8, 4) is 22.1 Å². The third kappa shape index (κ3) is 8.23. The lowest BCUT2D eigenvalue weighted by Crippen LogP contribution is -2.21. The molecule has 0 saturated carbocycles. The number of amides is 3. The van der Waals surface area contributed by atoms with Crippen LogP contribution >= 0.6 is 11.3 Å². The molecule has 0 fully saturated rings. The lowest BCUT2D eigenvalue weighted by molar-refractivity contribution is -0.123. The molecule has 0 saturated heterocycles. The molecule has 2 aromatic carbocycles. The Morgan fingerprint density at radius 2 is 1.73 bits per heavy atom. The molecule has 0 radical (unpaired) electrons. The normalized spacial score (nSPS) is 10.9. The highest BCUT2D eigenvalue weighted by atomic mass is 32.1. The van der Waals surface area contributed by atoms with Crippen molar-refractivity contribution in [2.45, 2.75) is 13.0 Å². The fourth-order valence-corrected chi connectivity index (χ4v) is 5.33. The van der Waals surface area contributed by atoms with Gasteiger partial charge in [-0.1, -0.05) is 12.1 Å². The highest BCUT2D eigenvalue weighted by molar-refractivity contribution is 7.22. The summed E-state index contributed by atoms with van der Waals surface area (Å²) < 4.78 is 26.7. The first-order chi connectivity index (χ1) is 21.8. The predicted molar refractivity (Wildman–Crippen MR) is 170 cm³/mol. The molecule has 5 aromatic rings. The number of hydrogen-bond acceptors (Lipinski definition) is 9. The van der Waals surface area contributed by atoms with Crippen molar-refractivity contribution in [1.82, 2.24) is 15.3 Å². The Morgan fingerprint density at radius 1 is 0.933 bits per heavy atom. The summed E-state index contributed by atoms with van der Waals surface area (Å²) >= 11 is 1.43. The fourth-order valence-electron chi connectivity index (χ4n) is 4.29. The first-order valence-electron chi connectivity index (χ1n) is 13.8. The van der Waals surface area contributed by atoms with Crippen LogP contribution in [0.15, 0.2) is 79.1 Å². The molecule has 0 spiro atoms. The number of rotatable bonds is 13. The van der Waals surface area contributed by atoms with E-state index in [0.717, 1.165) is 33.4 Å². The number of thiophene rings is 1. The molecule has 3 amide bonds. The van der Waals surface area contributed by atoms with Crippen molar-refractivity contribution < 1.29 is 28.2 Å². The SMILES string of the molecule is COCCNCc1ccc(-c2cc3nccc(Oc4ccc(NC(=O)CC(=O)Nc5cccc(C(N)=O)c5)cc4F)c3s2)nc1. The van der Waals surface area contributed by atoms with Gasteiger partial charge in [0.15, 0.2) is 11.6 Å². The van der Waals surface area contributed by atoms with E-state index >= 15 is 4.39 Å². The molecular formula is C32H29FN6O5S. The first kappa shape index (κ1) is 31.2. The topological polar surface area (TPSA) is 158 Å². The second-order valence-corrected chi connectivity index (χ2v) is 10.9. The van der Waals surface area contributed by atoms with E-state index in [1.54, 1.807) is 31.5 Å². The average Bonchev–Trinajstić information content (AvgIpc) is 3.46. The van der Waals surface area contributed by atoms with Gasteiger partial charge < -0.3 is 31.2 Å². The van der Waals surface area contributed by atoms with Crippen molar-refractivity contribution in [2.24, 2.45) is 5.73 Å². The maximum Gasteiger partial charge on any atom is 0.248 e. The van der Waals surface area contributed by atoms with Crippen molar-refractivity contribution in [2.75, 3.05) is 30.9 Å². The molecule has 11 nitrogen and oxygen atoms in total. The summed E-state index contributed by atoms with van der Waals surface area (Å²) in [5.74, 6) is -2.26. The van der Waals surface area contributed by atoms with E-state index in [9.17, 15) is 14.4 Å². The minimum Gasteiger partial charge on any atom is -0.453 e. The largest absolute Gasteiger partial charge is 0.453 e. The van der Waals surface area contributed by atoms with Crippen LogP contribution < -0.4 is 26.4 Å². The van der Waals surface area contributed by atoms with Crippen LogP contribution in [0.2, 0.25) is 0 Å². The number of ether oxygens (including phenoxy) is 2. The molecular weight excluding hydrogens is 599 g/mol. The Morgan fingerprint density at radius 3 is 2.44 bits per heavy atom. The molecule has 5 rings (SSSR count). The predicted octanol–water partition coefficient (Wildman–Crippen LogP) is 5.09. The minimum atomic E-state index is -0.710. The quantitative estimate of drug-likeness (QED) is 0.104. The van der Waals surface area contributed by atoms with E-state index in [0.29, 0.717) is 30.1 Å². The van der Waals surface area contributed by atoms with Gasteiger partial charge >= 0.3 is 0 Å². The number of carbonyl (C=O) groups is 3. The summed E-state index contributed by atoms with van der Waals surface area (Å²) in [5, 5.41) is 8.31. The number of nitrogens with two attached hydrogens (primary N) is 1. The molecule has 0 aliphatic carbocycles. The molecule has 0 aliphatic rings. The van der Waals surface area contributed by atoms with E-state index < -0.39 is 30.0 Å². The number of anilines is 2. The Hall–Kier alpha value is -5.24. The highest BCUT2D eigenvalue weighted by Crippen LogP contribution is 2.39. The zero-order valence-electron chi connectivity index (χ0n) is 24.1. The van der Waals surface area contributed by atoms with Crippen molar-refractivity contribution >= 4 is 50.6 Å². The maximum atomic E-state index is 15.1. The summed E-state index contributed by atoms with van der Waals surface area (Å²) in [4.78, 5) is 45.9. The molecule has 3 heterocycles. The van der Waals surface area contributed by atoms with E-state index in [2.05, 4.69) is 25.9 Å². The van der Waals surface area contributed by atoms with Gasteiger partial charge in [-0.2, -0.15) is 0 Å². The number of nitrogens with zero attached hydrogens (tertiary/aromatic N) is 2. The molecule has 13 heteroatoms. The van der Waals surface area contributed by atoms with Crippen molar-refractivity contribution in [3.63, 3.8) is 0 Å². The third-order valence-electron chi connectivity index (χ3n) is 6.45. The van der Waals surface area contributed by atoms with Crippen LogP contribution in [-0.4, -0.2) is 48.0 Å². The number of aromatic nitrogens is 2. The molecule has 3 aromatic heterocycles. The van der Waals surface area contributed by atoms with E-state index in [1.165, 1.54) is 35.6 Å². The van der Waals surface area contributed by atoms with Gasteiger partial charge in [0, 0.05) is 61.7 Å². The molecule has 230 valence electrons. The van der Waals surface area contributed by atoms with Crippen LogP contribution in [0, 0.1) is 5.82 Å². The fraction of sp³-hybridized carbons (Fsp3) is 0.156. The van der Waals surface area contributed by atoms with Gasteiger partial charge in [-0.15, -0.1) is 11.3 Å². The monoisotopic (exact) mass is 628 g/mol. The molecule has 0 aliphatic heterocycles.